The fourth-order valence-electron chi connectivity index (χ4n) is 6.11. The van der Waals surface area contributed by atoms with Gasteiger partial charge in [0, 0.05) is 70.7 Å². The number of carbonyl (C=O) groups excluding carboxylic acids is 1. The molecule has 2 aliphatic heterocycles. The number of amides is 1. The summed E-state index contributed by atoms with van der Waals surface area (Å²) in [5.74, 6) is -2.66. The van der Waals surface area contributed by atoms with Crippen molar-refractivity contribution in [1.82, 2.24) is 14.7 Å². The molecule has 8 heteroatoms. The second kappa shape index (κ2) is 8.02. The largest absolute Gasteiger partial charge is 0.356 e. The van der Waals surface area contributed by atoms with Gasteiger partial charge in [0.25, 0.3) is 5.92 Å². The smallest absolute Gasteiger partial charge is 0.252 e. The first-order chi connectivity index (χ1) is 13.7. The monoisotopic (exact) mass is 415 g/mol. The van der Waals surface area contributed by atoms with Gasteiger partial charge in [-0.05, 0) is 44.4 Å². The van der Waals surface area contributed by atoms with Gasteiger partial charge >= 0.3 is 0 Å². The van der Waals surface area contributed by atoms with Gasteiger partial charge in [0.15, 0.2) is 0 Å². The van der Waals surface area contributed by atoms with E-state index in [4.69, 9.17) is 4.74 Å². The summed E-state index contributed by atoms with van der Waals surface area (Å²) in [5.41, 5.74) is 0.308. The molecule has 0 radical (unpaired) electrons. The number of ether oxygens (including phenoxy) is 1. The Balaban J connectivity index is 1.23. The fourth-order valence-corrected chi connectivity index (χ4v) is 6.11. The van der Waals surface area contributed by atoms with Gasteiger partial charge in [0.05, 0.1) is 0 Å². The molecule has 1 N–H and O–H groups in total. The molecule has 2 aliphatic carbocycles. The first-order valence-corrected chi connectivity index (χ1v) is 11.2. The van der Waals surface area contributed by atoms with Crippen molar-refractivity contribution in [3.05, 3.63) is 0 Å². The number of alkyl halides is 2. The number of halogens is 2. The molecule has 0 aromatic heterocycles. The summed E-state index contributed by atoms with van der Waals surface area (Å²) in [6, 6.07) is 0.383. The summed E-state index contributed by atoms with van der Waals surface area (Å²) in [7, 11) is 0. The van der Waals surface area contributed by atoms with E-state index < -0.39 is 12.3 Å². The van der Waals surface area contributed by atoms with Crippen molar-refractivity contribution in [2.24, 2.45) is 5.41 Å². The number of likely N-dealkylation sites (tertiary alicyclic amines) is 2. The van der Waals surface area contributed by atoms with Crippen molar-refractivity contribution >= 4 is 5.91 Å². The minimum Gasteiger partial charge on any atom is -0.356 e. The second-order valence-electron chi connectivity index (χ2n) is 9.68. The van der Waals surface area contributed by atoms with Crippen LogP contribution in [0.25, 0.3) is 0 Å². The number of carbonyl (C=O) groups is 1. The van der Waals surface area contributed by atoms with Crippen molar-refractivity contribution in [1.29, 1.82) is 0 Å². The topological polar surface area (TPSA) is 56.3 Å². The maximum atomic E-state index is 13.3. The number of piperidine rings is 1. The van der Waals surface area contributed by atoms with E-state index in [1.165, 1.54) is 6.92 Å². The van der Waals surface area contributed by atoms with Crippen molar-refractivity contribution in [2.75, 3.05) is 32.8 Å². The molecule has 1 amide bonds. The van der Waals surface area contributed by atoms with Crippen LogP contribution in [0.15, 0.2) is 0 Å². The van der Waals surface area contributed by atoms with Gasteiger partial charge in [0.2, 0.25) is 12.3 Å². The molecule has 4 fully saturated rings. The summed E-state index contributed by atoms with van der Waals surface area (Å²) in [5, 5.41) is 10.1. The van der Waals surface area contributed by atoms with Crippen LogP contribution in [0.3, 0.4) is 0 Å². The summed E-state index contributed by atoms with van der Waals surface area (Å²) in [6.45, 7) is 7.57. The minimum absolute atomic E-state index is 0.0644. The molecular formula is C21H35F2N3O3. The van der Waals surface area contributed by atoms with Crippen LogP contribution in [0, 0.1) is 5.41 Å². The Kier molecular flexibility index (Phi) is 5.92. The molecular weight excluding hydrogens is 380 g/mol. The standard InChI is InChI=1S/C21H35F2N3O3/c1-3-29-19(28)25-9-6-20(14-25)10-17(11-20)24-7-4-16(5-8-24)26(15(2)27)18-12-21(22,23)13-18/h16-19,28H,3-14H2,1-2H3. The van der Waals surface area contributed by atoms with Crippen LogP contribution in [0.1, 0.15) is 58.8 Å². The third kappa shape index (κ3) is 4.31. The SMILES string of the molecule is CCOC(O)N1CCC2(CC(N3CCC(N(C(C)=O)C4CC(F)(F)C4)CC3)C2)C1. The first kappa shape index (κ1) is 21.4. The summed E-state index contributed by atoms with van der Waals surface area (Å²) >= 11 is 0. The fraction of sp³-hybridized carbons (Fsp3) is 0.952. The summed E-state index contributed by atoms with van der Waals surface area (Å²) in [4.78, 5) is 18.4. The molecule has 1 spiro atoms. The van der Waals surface area contributed by atoms with E-state index >= 15 is 0 Å². The van der Waals surface area contributed by atoms with Gasteiger partial charge in [-0.1, -0.05) is 0 Å². The summed E-state index contributed by atoms with van der Waals surface area (Å²) in [6.07, 6.45) is 4.02. The van der Waals surface area contributed by atoms with Gasteiger partial charge in [0.1, 0.15) is 0 Å². The Morgan fingerprint density at radius 3 is 2.38 bits per heavy atom. The molecule has 4 rings (SSSR count). The predicted octanol–water partition coefficient (Wildman–Crippen LogP) is 2.26. The van der Waals surface area contributed by atoms with E-state index in [9.17, 15) is 18.7 Å². The Hall–Kier alpha value is -0.830. The van der Waals surface area contributed by atoms with E-state index in [-0.39, 0.29) is 30.8 Å². The molecule has 0 aromatic rings. The van der Waals surface area contributed by atoms with Gasteiger partial charge in [-0.2, -0.15) is 0 Å². The zero-order chi connectivity index (χ0) is 20.8. The highest BCUT2D eigenvalue weighted by atomic mass is 19.3. The lowest BCUT2D eigenvalue weighted by molar-refractivity contribution is -0.188. The van der Waals surface area contributed by atoms with Crippen LogP contribution in [0.2, 0.25) is 0 Å². The molecule has 2 saturated heterocycles. The number of aliphatic hydroxyl groups excluding tert-OH is 1. The lowest BCUT2D eigenvalue weighted by Crippen LogP contribution is -2.60. The normalized spacial score (nSPS) is 29.6. The number of rotatable bonds is 6. The highest BCUT2D eigenvalue weighted by Crippen LogP contribution is 2.51. The van der Waals surface area contributed by atoms with E-state index in [1.54, 1.807) is 4.90 Å². The quantitative estimate of drug-likeness (QED) is 0.675. The Labute approximate surface area is 172 Å². The van der Waals surface area contributed by atoms with Crippen LogP contribution in [-0.2, 0) is 9.53 Å². The van der Waals surface area contributed by atoms with E-state index in [0.717, 1.165) is 58.3 Å². The number of nitrogens with zero attached hydrogens (tertiary/aromatic N) is 3. The molecule has 6 nitrogen and oxygen atoms in total. The lowest BCUT2D eigenvalue weighted by atomic mass is 9.64. The molecule has 1 unspecified atom stereocenters. The molecule has 4 aliphatic rings. The van der Waals surface area contributed by atoms with Gasteiger partial charge in [-0.15, -0.1) is 0 Å². The molecule has 1 atom stereocenters. The average Bonchev–Trinajstić information content (AvgIpc) is 3.06. The minimum atomic E-state index is -2.59. The Morgan fingerprint density at radius 1 is 1.17 bits per heavy atom. The molecule has 2 saturated carbocycles. The molecule has 0 aromatic carbocycles. The predicted molar refractivity (Wildman–Crippen MR) is 104 cm³/mol. The van der Waals surface area contributed by atoms with Crippen LogP contribution in [0.5, 0.6) is 0 Å². The van der Waals surface area contributed by atoms with Gasteiger partial charge < -0.3 is 19.6 Å². The Bertz CT molecular complexity index is 598. The number of hydrogen-bond acceptors (Lipinski definition) is 5. The van der Waals surface area contributed by atoms with E-state index in [1.807, 2.05) is 11.8 Å². The van der Waals surface area contributed by atoms with Crippen LogP contribution in [0.4, 0.5) is 8.78 Å². The highest BCUT2D eigenvalue weighted by Gasteiger charge is 2.53. The third-order valence-electron chi connectivity index (χ3n) is 7.67. The molecule has 2 heterocycles. The molecule has 0 bridgehead atoms. The van der Waals surface area contributed by atoms with E-state index in [2.05, 4.69) is 4.90 Å². The maximum Gasteiger partial charge on any atom is 0.252 e. The average molecular weight is 416 g/mol. The number of hydrogen-bond donors (Lipinski definition) is 1. The van der Waals surface area contributed by atoms with Crippen molar-refractivity contribution in [3.8, 4) is 0 Å². The van der Waals surface area contributed by atoms with Gasteiger partial charge in [-0.25, -0.2) is 8.78 Å². The highest BCUT2D eigenvalue weighted by molar-refractivity contribution is 5.74. The van der Waals surface area contributed by atoms with Crippen LogP contribution >= 0.6 is 0 Å². The summed E-state index contributed by atoms with van der Waals surface area (Å²) < 4.78 is 31.9. The zero-order valence-corrected chi connectivity index (χ0v) is 17.7. The Morgan fingerprint density at radius 2 is 1.83 bits per heavy atom. The third-order valence-corrected chi connectivity index (χ3v) is 7.67. The van der Waals surface area contributed by atoms with Crippen LogP contribution in [-0.4, -0.2) is 89.0 Å². The van der Waals surface area contributed by atoms with Crippen molar-refractivity contribution in [2.45, 2.75) is 89.3 Å². The maximum absolute atomic E-state index is 13.3. The van der Waals surface area contributed by atoms with Crippen molar-refractivity contribution in [3.63, 3.8) is 0 Å². The van der Waals surface area contributed by atoms with E-state index in [0.29, 0.717) is 18.1 Å². The number of aliphatic hydroxyl groups is 1. The van der Waals surface area contributed by atoms with Crippen molar-refractivity contribution < 1.29 is 23.4 Å². The zero-order valence-electron chi connectivity index (χ0n) is 17.7. The van der Waals surface area contributed by atoms with Crippen LogP contribution < -0.4 is 0 Å². The molecule has 166 valence electrons. The first-order valence-electron chi connectivity index (χ1n) is 11.2. The van der Waals surface area contributed by atoms with Gasteiger partial charge in [-0.3, -0.25) is 9.69 Å². The molecule has 29 heavy (non-hydrogen) atoms. The second-order valence-corrected chi connectivity index (χ2v) is 9.68. The lowest BCUT2D eigenvalue weighted by Gasteiger charge is -2.53.